The number of nitrogens with one attached hydrogen (secondary N) is 1. The number of aryl methyl sites for hydroxylation is 2. The average molecular weight is 437 g/mol. The highest BCUT2D eigenvalue weighted by atomic mass is 32.1. The zero-order valence-electron chi connectivity index (χ0n) is 17.1. The first-order valence-corrected chi connectivity index (χ1v) is 10.6. The van der Waals surface area contributed by atoms with Gasteiger partial charge in [0.05, 0.1) is 11.4 Å². The second kappa shape index (κ2) is 9.09. The summed E-state index contributed by atoms with van der Waals surface area (Å²) in [7, 11) is 0. The van der Waals surface area contributed by atoms with E-state index >= 15 is 0 Å². The first-order valence-electron chi connectivity index (χ1n) is 9.69. The summed E-state index contributed by atoms with van der Waals surface area (Å²) in [5.41, 5.74) is 3.79. The predicted octanol–water partition coefficient (Wildman–Crippen LogP) is 4.98. The van der Waals surface area contributed by atoms with Crippen LogP contribution in [0.1, 0.15) is 31.9 Å². The summed E-state index contributed by atoms with van der Waals surface area (Å²) in [6.07, 6.45) is 1.46. The minimum Gasteiger partial charge on any atom is -0.489 e. The molecule has 0 radical (unpaired) electrons. The zero-order chi connectivity index (χ0) is 21.8. The summed E-state index contributed by atoms with van der Waals surface area (Å²) in [5.74, 6) is 0.358. The first kappa shape index (κ1) is 20.7. The number of halogens is 1. The second-order valence-corrected chi connectivity index (χ2v) is 8.08. The van der Waals surface area contributed by atoms with Crippen LogP contribution in [0, 0.1) is 19.7 Å². The first-order chi connectivity index (χ1) is 15.0. The van der Waals surface area contributed by atoms with E-state index in [4.69, 9.17) is 4.74 Å². The molecule has 1 N–H and O–H groups in total. The maximum atomic E-state index is 13.8. The molecule has 0 aliphatic rings. The molecule has 0 bridgehead atoms. The Bertz CT molecular complexity index is 1220. The molecule has 0 aliphatic heterocycles. The fourth-order valence-electron chi connectivity index (χ4n) is 2.93. The minimum absolute atomic E-state index is 0.169. The molecule has 0 aliphatic carbocycles. The quantitative estimate of drug-likeness (QED) is 0.444. The number of aromatic nitrogens is 3. The van der Waals surface area contributed by atoms with Gasteiger partial charge in [0.25, 0.3) is 5.91 Å². The summed E-state index contributed by atoms with van der Waals surface area (Å²) in [5, 5.41) is 8.76. The van der Waals surface area contributed by atoms with Crippen LogP contribution in [0.4, 0.5) is 10.3 Å². The number of benzene rings is 2. The highest BCUT2D eigenvalue weighted by molar-refractivity contribution is 7.12. The third-order valence-electron chi connectivity index (χ3n) is 4.81. The normalized spacial score (nSPS) is 10.8. The maximum Gasteiger partial charge on any atom is 0.268 e. The smallest absolute Gasteiger partial charge is 0.268 e. The number of thiophene rings is 1. The molecular formula is C23H21FN4O2S. The van der Waals surface area contributed by atoms with Gasteiger partial charge in [-0.15, -0.1) is 16.4 Å². The molecule has 1 amide bonds. The molecule has 2 aromatic heterocycles. The van der Waals surface area contributed by atoms with Crippen molar-refractivity contribution >= 4 is 23.2 Å². The van der Waals surface area contributed by atoms with Crippen LogP contribution in [0.15, 0.2) is 60.2 Å². The number of amides is 1. The van der Waals surface area contributed by atoms with E-state index in [1.54, 1.807) is 24.3 Å². The van der Waals surface area contributed by atoms with Crippen molar-refractivity contribution in [2.45, 2.75) is 27.0 Å². The Kier molecular flexibility index (Phi) is 6.08. The van der Waals surface area contributed by atoms with Gasteiger partial charge in [-0.2, -0.15) is 0 Å². The van der Waals surface area contributed by atoms with E-state index in [1.165, 1.54) is 39.5 Å². The van der Waals surface area contributed by atoms with Gasteiger partial charge in [0, 0.05) is 11.1 Å². The van der Waals surface area contributed by atoms with Gasteiger partial charge in [-0.25, -0.2) is 14.1 Å². The lowest BCUT2D eigenvalue weighted by Gasteiger charge is -2.07. The number of carbonyl (C=O) groups excluding carboxylic acids is 1. The number of hydrogen-bond acceptors (Lipinski definition) is 5. The average Bonchev–Trinajstić information content (AvgIpc) is 3.40. The second-order valence-electron chi connectivity index (χ2n) is 7.17. The standard InChI is InChI=1S/C23H21FN4O2S/c1-15-7-8-19(9-16(15)2)30-12-17-10-21(31-13-17)22(29)26-23-25-14-28(27-23)11-18-5-3-4-6-20(18)24/h3-10,13-14H,11-12H2,1-2H3,(H,26,27,29). The lowest BCUT2D eigenvalue weighted by atomic mass is 10.1. The Labute approximate surface area is 183 Å². The van der Waals surface area contributed by atoms with E-state index in [2.05, 4.69) is 22.3 Å². The largest absolute Gasteiger partial charge is 0.489 e. The van der Waals surface area contributed by atoms with Gasteiger partial charge >= 0.3 is 0 Å². The molecule has 0 unspecified atom stereocenters. The molecule has 6 nitrogen and oxygen atoms in total. The molecule has 2 heterocycles. The van der Waals surface area contributed by atoms with Crippen LogP contribution >= 0.6 is 11.3 Å². The molecule has 158 valence electrons. The van der Waals surface area contributed by atoms with Crippen molar-refractivity contribution in [1.29, 1.82) is 0 Å². The van der Waals surface area contributed by atoms with Crippen LogP contribution in [0.3, 0.4) is 0 Å². The van der Waals surface area contributed by atoms with Gasteiger partial charge < -0.3 is 4.74 Å². The van der Waals surface area contributed by atoms with Gasteiger partial charge in [-0.05, 0) is 54.6 Å². The molecule has 0 saturated carbocycles. The molecule has 31 heavy (non-hydrogen) atoms. The molecule has 0 atom stereocenters. The molecule has 8 heteroatoms. The van der Waals surface area contributed by atoms with E-state index in [1.807, 2.05) is 30.5 Å². The lowest BCUT2D eigenvalue weighted by Crippen LogP contribution is -2.12. The molecular weight excluding hydrogens is 415 g/mol. The fraction of sp³-hybridized carbons (Fsp3) is 0.174. The summed E-state index contributed by atoms with van der Waals surface area (Å²) >= 11 is 1.33. The number of nitrogens with zero attached hydrogens (tertiary/aromatic N) is 3. The van der Waals surface area contributed by atoms with Crippen LogP contribution in [0.5, 0.6) is 5.75 Å². The Hall–Kier alpha value is -3.52. The Morgan fingerprint density at radius 3 is 2.81 bits per heavy atom. The number of ether oxygens (including phenoxy) is 1. The molecule has 2 aromatic carbocycles. The van der Waals surface area contributed by atoms with Crippen LogP contribution < -0.4 is 10.1 Å². The molecule has 0 spiro atoms. The van der Waals surface area contributed by atoms with Crippen LogP contribution in [0.2, 0.25) is 0 Å². The third kappa shape index (κ3) is 5.16. The number of anilines is 1. The van der Waals surface area contributed by atoms with Gasteiger partial charge in [0.1, 0.15) is 24.5 Å². The topological polar surface area (TPSA) is 69.0 Å². The van der Waals surface area contributed by atoms with Gasteiger partial charge in [0.15, 0.2) is 0 Å². The fourth-order valence-corrected chi connectivity index (χ4v) is 3.73. The maximum absolute atomic E-state index is 13.8. The van der Waals surface area contributed by atoms with Crippen LogP contribution in [0.25, 0.3) is 0 Å². The predicted molar refractivity (Wildman–Crippen MR) is 118 cm³/mol. The van der Waals surface area contributed by atoms with Crippen molar-refractivity contribution in [2.75, 3.05) is 5.32 Å². The molecule has 0 saturated heterocycles. The monoisotopic (exact) mass is 436 g/mol. The summed E-state index contributed by atoms with van der Waals surface area (Å²) in [4.78, 5) is 17.1. The Balaban J connectivity index is 1.34. The number of hydrogen-bond donors (Lipinski definition) is 1. The summed E-state index contributed by atoms with van der Waals surface area (Å²) < 4.78 is 21.1. The summed E-state index contributed by atoms with van der Waals surface area (Å²) in [6.45, 7) is 4.71. The number of rotatable bonds is 7. The van der Waals surface area contributed by atoms with E-state index < -0.39 is 0 Å². The van der Waals surface area contributed by atoms with Crippen LogP contribution in [-0.2, 0) is 13.2 Å². The van der Waals surface area contributed by atoms with Crippen molar-refractivity contribution < 1.29 is 13.9 Å². The van der Waals surface area contributed by atoms with E-state index in [0.717, 1.165) is 11.3 Å². The molecule has 0 fully saturated rings. The highest BCUT2D eigenvalue weighted by Gasteiger charge is 2.13. The molecule has 4 rings (SSSR count). The van der Waals surface area contributed by atoms with Gasteiger partial charge in [-0.1, -0.05) is 24.3 Å². The van der Waals surface area contributed by atoms with E-state index in [0.29, 0.717) is 17.0 Å². The van der Waals surface area contributed by atoms with Crippen molar-refractivity contribution in [3.8, 4) is 5.75 Å². The van der Waals surface area contributed by atoms with Gasteiger partial charge in [-0.3, -0.25) is 10.1 Å². The summed E-state index contributed by atoms with van der Waals surface area (Å²) in [6, 6.07) is 14.2. The van der Waals surface area contributed by atoms with Crippen molar-refractivity contribution in [2.24, 2.45) is 0 Å². The van der Waals surface area contributed by atoms with Crippen LogP contribution in [-0.4, -0.2) is 20.7 Å². The van der Waals surface area contributed by atoms with Crippen molar-refractivity contribution in [1.82, 2.24) is 14.8 Å². The minimum atomic E-state index is -0.308. The number of carbonyl (C=O) groups is 1. The third-order valence-corrected chi connectivity index (χ3v) is 5.79. The lowest BCUT2D eigenvalue weighted by molar-refractivity contribution is 0.102. The van der Waals surface area contributed by atoms with E-state index in [9.17, 15) is 9.18 Å². The van der Waals surface area contributed by atoms with E-state index in [-0.39, 0.29) is 24.2 Å². The highest BCUT2D eigenvalue weighted by Crippen LogP contribution is 2.21. The van der Waals surface area contributed by atoms with Gasteiger partial charge in [0.2, 0.25) is 5.95 Å². The molecule has 4 aromatic rings. The SMILES string of the molecule is Cc1ccc(OCc2csc(C(=O)Nc3ncn(Cc4ccccc4F)n3)c2)cc1C. The van der Waals surface area contributed by atoms with Crippen molar-refractivity contribution in [3.63, 3.8) is 0 Å². The Morgan fingerprint density at radius 2 is 2.00 bits per heavy atom. The van der Waals surface area contributed by atoms with Crippen molar-refractivity contribution in [3.05, 3.63) is 93.2 Å². The Morgan fingerprint density at radius 1 is 1.16 bits per heavy atom. The zero-order valence-corrected chi connectivity index (χ0v) is 17.9.